The van der Waals surface area contributed by atoms with Crippen LogP contribution < -0.4 is 0 Å². The zero-order valence-corrected chi connectivity index (χ0v) is 65.2. The predicted octanol–water partition coefficient (Wildman–Crippen LogP) is 23.0. The van der Waals surface area contributed by atoms with Crippen LogP contribution in [-0.2, 0) is 65.4 Å². The van der Waals surface area contributed by atoms with Crippen molar-refractivity contribution in [1.29, 1.82) is 0 Å². The first-order valence-electron chi connectivity index (χ1n) is 39.8. The van der Waals surface area contributed by atoms with Crippen LogP contribution in [0.3, 0.4) is 0 Å². The maximum Gasteiger partial charge on any atom is 0.472 e. The molecule has 0 aliphatic rings. The third-order valence-corrected chi connectivity index (χ3v) is 18.7. The number of hydrogen-bond acceptors (Lipinski definition) is 15. The van der Waals surface area contributed by atoms with Gasteiger partial charge in [-0.1, -0.05) is 286 Å². The number of esters is 4. The Morgan fingerprint density at radius 3 is 0.830 bits per heavy atom. The zero-order chi connectivity index (χ0) is 73.2. The number of allylic oxidation sites excluding steroid dienone is 14. The van der Waals surface area contributed by atoms with Gasteiger partial charge in [-0.15, -0.1) is 0 Å². The quantitative estimate of drug-likeness (QED) is 0.0169. The van der Waals surface area contributed by atoms with Crippen LogP contribution in [0.1, 0.15) is 349 Å². The molecule has 19 heteroatoms. The third kappa shape index (κ3) is 72.6. The Morgan fingerprint density at radius 2 is 0.520 bits per heavy atom. The van der Waals surface area contributed by atoms with Gasteiger partial charge in [-0.2, -0.15) is 0 Å². The number of rotatable bonds is 75. The Kier molecular flexibility index (Phi) is 70.8. The molecule has 0 rings (SSSR count). The molecular weight excluding hydrogens is 1310 g/mol. The van der Waals surface area contributed by atoms with Crippen LogP contribution in [0.2, 0.25) is 0 Å². The van der Waals surface area contributed by atoms with Gasteiger partial charge in [0.15, 0.2) is 12.2 Å². The predicted molar refractivity (Wildman–Crippen MR) is 409 cm³/mol. The van der Waals surface area contributed by atoms with Gasteiger partial charge in [-0.3, -0.25) is 37.3 Å². The van der Waals surface area contributed by atoms with Crippen LogP contribution in [0.4, 0.5) is 0 Å². The number of phosphoric ester groups is 2. The summed E-state index contributed by atoms with van der Waals surface area (Å²) in [6, 6.07) is 0. The lowest BCUT2D eigenvalue weighted by Crippen LogP contribution is -2.30. The van der Waals surface area contributed by atoms with Crippen LogP contribution in [0.25, 0.3) is 0 Å². The number of aliphatic hydroxyl groups is 1. The Hall–Kier alpha value is -3.76. The van der Waals surface area contributed by atoms with Crippen LogP contribution >= 0.6 is 15.6 Å². The zero-order valence-electron chi connectivity index (χ0n) is 63.4. The molecule has 0 aliphatic heterocycles. The Bertz CT molecular complexity index is 2230. The van der Waals surface area contributed by atoms with Crippen molar-refractivity contribution in [3.63, 3.8) is 0 Å². The average molecular weight is 1450 g/mol. The van der Waals surface area contributed by atoms with Gasteiger partial charge in [0, 0.05) is 25.7 Å². The van der Waals surface area contributed by atoms with Crippen molar-refractivity contribution in [2.45, 2.75) is 367 Å². The van der Waals surface area contributed by atoms with E-state index in [1.807, 2.05) is 0 Å². The van der Waals surface area contributed by atoms with Gasteiger partial charge in [0.05, 0.1) is 26.4 Å². The number of aliphatic hydroxyl groups excluding tert-OH is 1. The van der Waals surface area contributed by atoms with Gasteiger partial charge >= 0.3 is 39.5 Å². The molecule has 17 nitrogen and oxygen atoms in total. The summed E-state index contributed by atoms with van der Waals surface area (Å²) in [5.74, 6) is -2.19. The van der Waals surface area contributed by atoms with Crippen LogP contribution in [0.15, 0.2) is 85.1 Å². The highest BCUT2D eigenvalue weighted by molar-refractivity contribution is 7.47. The van der Waals surface area contributed by atoms with E-state index in [4.69, 9.17) is 37.0 Å². The summed E-state index contributed by atoms with van der Waals surface area (Å²) in [7, 11) is -9.95. The number of ether oxygens (including phenoxy) is 4. The SMILES string of the molecule is CC/C=C\C/C=C\C/C=C\C/C=C\CCCCCCCCC(=O)OCC(COP(=O)(O)OCC(O)COP(=O)(O)OCC(COC(=O)CCCCCCC/C=C\C/C=C\CCCCC)OC(=O)CCCCCCCCCCCCC)OC(=O)CCCCCCC/C=C\CCCCCCCC. The molecule has 0 aromatic rings. The first kappa shape index (κ1) is 96.2. The molecule has 0 aromatic carbocycles. The molecular formula is C81H144O17P2. The summed E-state index contributed by atoms with van der Waals surface area (Å²) < 4.78 is 68.5. The van der Waals surface area contributed by atoms with E-state index in [-0.39, 0.29) is 25.7 Å². The van der Waals surface area contributed by atoms with Crippen molar-refractivity contribution in [1.82, 2.24) is 0 Å². The molecule has 0 fully saturated rings. The molecule has 580 valence electrons. The van der Waals surface area contributed by atoms with Crippen molar-refractivity contribution >= 4 is 39.5 Å². The van der Waals surface area contributed by atoms with E-state index in [1.54, 1.807) is 0 Å². The molecule has 5 unspecified atom stereocenters. The fourth-order valence-corrected chi connectivity index (χ4v) is 12.3. The molecule has 0 aromatic heterocycles. The molecule has 0 radical (unpaired) electrons. The smallest absolute Gasteiger partial charge is 0.462 e. The molecule has 5 atom stereocenters. The van der Waals surface area contributed by atoms with Crippen LogP contribution in [-0.4, -0.2) is 96.7 Å². The Morgan fingerprint density at radius 1 is 0.290 bits per heavy atom. The number of carbonyl (C=O) groups excluding carboxylic acids is 4. The minimum atomic E-state index is -4.98. The number of unbranched alkanes of at least 4 members (excludes halogenated alkanes) is 35. The fraction of sp³-hybridized carbons (Fsp3) is 0.778. The van der Waals surface area contributed by atoms with Crippen molar-refractivity contribution in [3.8, 4) is 0 Å². The summed E-state index contributed by atoms with van der Waals surface area (Å²) >= 11 is 0. The van der Waals surface area contributed by atoms with E-state index in [0.717, 1.165) is 173 Å². The Balaban J connectivity index is 5.33. The van der Waals surface area contributed by atoms with Gasteiger partial charge in [0.2, 0.25) is 0 Å². The molecule has 100 heavy (non-hydrogen) atoms. The molecule has 0 aliphatic carbocycles. The normalized spacial score (nSPS) is 14.3. The van der Waals surface area contributed by atoms with Crippen molar-refractivity contribution in [2.24, 2.45) is 0 Å². The van der Waals surface area contributed by atoms with Gasteiger partial charge in [0.25, 0.3) is 0 Å². The van der Waals surface area contributed by atoms with Crippen molar-refractivity contribution < 1.29 is 80.2 Å². The highest BCUT2D eigenvalue weighted by atomic mass is 31.2. The highest BCUT2D eigenvalue weighted by Gasteiger charge is 2.30. The van der Waals surface area contributed by atoms with E-state index in [2.05, 4.69) is 113 Å². The standard InChI is InChI=1S/C81H144O17P2/c1-5-9-13-17-21-25-29-32-35-36-37-38-41-43-47-50-54-58-62-66-79(84)92-72-77(98-81(86)68-64-60-56-52-48-44-40-34-31-27-23-19-15-11-7-3)74-96-100(89,90)94-70-75(82)69-93-99(87,88)95-73-76(97-80(85)67-63-59-55-51-45-28-24-20-16-12-8-4)71-91-78(83)65-61-57-53-49-46-42-39-33-30-26-22-18-14-10-6-2/h9,13,21-22,25-26,32-35,37-40,75-77,82H,5-8,10-12,14-20,23-24,27-31,36,41-74H2,1-4H3,(H,87,88)(H,89,90)/b13-9-,25-21-,26-22-,35-32-,38-37-,39-33-,40-34-. The first-order chi connectivity index (χ1) is 48.7. The first-order valence-corrected chi connectivity index (χ1v) is 42.8. The number of carbonyl (C=O) groups is 4. The summed E-state index contributed by atoms with van der Waals surface area (Å²) in [4.78, 5) is 72.9. The lowest BCUT2D eigenvalue weighted by molar-refractivity contribution is -0.161. The summed E-state index contributed by atoms with van der Waals surface area (Å²) in [6.07, 6.45) is 75.6. The molecule has 0 heterocycles. The summed E-state index contributed by atoms with van der Waals surface area (Å²) in [5.41, 5.74) is 0. The second-order valence-electron chi connectivity index (χ2n) is 26.6. The average Bonchev–Trinajstić information content (AvgIpc) is 0.985. The molecule has 0 bridgehead atoms. The molecule has 0 spiro atoms. The monoisotopic (exact) mass is 1450 g/mol. The maximum atomic E-state index is 13.1. The van der Waals surface area contributed by atoms with Gasteiger partial charge in [-0.05, 0) is 122 Å². The lowest BCUT2D eigenvalue weighted by atomic mass is 10.1. The van der Waals surface area contributed by atoms with Crippen molar-refractivity contribution in [2.75, 3.05) is 39.6 Å². The van der Waals surface area contributed by atoms with Crippen LogP contribution in [0.5, 0.6) is 0 Å². The maximum absolute atomic E-state index is 13.1. The Labute approximate surface area is 608 Å². The number of phosphoric acid groups is 2. The topological polar surface area (TPSA) is 237 Å². The van der Waals surface area contributed by atoms with Gasteiger partial charge in [0.1, 0.15) is 19.3 Å². The molecule has 0 saturated heterocycles. The molecule has 0 amide bonds. The summed E-state index contributed by atoms with van der Waals surface area (Å²) in [6.45, 7) is 4.73. The minimum Gasteiger partial charge on any atom is -0.462 e. The minimum absolute atomic E-state index is 0.0832. The fourth-order valence-electron chi connectivity index (χ4n) is 10.8. The molecule has 0 saturated carbocycles. The van der Waals surface area contributed by atoms with Crippen molar-refractivity contribution in [3.05, 3.63) is 85.1 Å². The second kappa shape index (κ2) is 73.5. The van der Waals surface area contributed by atoms with E-state index < -0.39 is 97.5 Å². The second-order valence-corrected chi connectivity index (χ2v) is 29.5. The third-order valence-electron chi connectivity index (χ3n) is 16.8. The van der Waals surface area contributed by atoms with E-state index >= 15 is 0 Å². The lowest BCUT2D eigenvalue weighted by Gasteiger charge is -2.21. The highest BCUT2D eigenvalue weighted by Crippen LogP contribution is 2.45. The van der Waals surface area contributed by atoms with E-state index in [9.17, 15) is 43.2 Å². The largest absolute Gasteiger partial charge is 0.472 e. The summed E-state index contributed by atoms with van der Waals surface area (Å²) in [5, 5.41) is 10.6. The van der Waals surface area contributed by atoms with E-state index in [1.165, 1.54) is 96.3 Å². The van der Waals surface area contributed by atoms with E-state index in [0.29, 0.717) is 25.7 Å². The van der Waals surface area contributed by atoms with Gasteiger partial charge in [-0.25, -0.2) is 9.13 Å². The van der Waals surface area contributed by atoms with Crippen LogP contribution in [0, 0.1) is 0 Å². The number of hydrogen-bond donors (Lipinski definition) is 3. The molecule has 3 N–H and O–H groups in total. The van der Waals surface area contributed by atoms with Gasteiger partial charge < -0.3 is 33.8 Å².